The van der Waals surface area contributed by atoms with Gasteiger partial charge in [0.05, 0.1) is 6.04 Å². The van der Waals surface area contributed by atoms with Gasteiger partial charge in [0.25, 0.3) is 0 Å². The number of rotatable bonds is 5. The highest BCUT2D eigenvalue weighted by atomic mass is 16.2. The quantitative estimate of drug-likeness (QED) is 0.803. The van der Waals surface area contributed by atoms with Crippen LogP contribution in [0.1, 0.15) is 46.0 Å². The third-order valence-electron chi connectivity index (χ3n) is 2.83. The molecule has 106 valence electrons. The number of hydrogen-bond acceptors (Lipinski definition) is 4. The summed E-state index contributed by atoms with van der Waals surface area (Å²) in [6, 6.07) is -0.229. The van der Waals surface area contributed by atoms with Gasteiger partial charge in [-0.3, -0.25) is 14.3 Å². The van der Waals surface area contributed by atoms with Crippen molar-refractivity contribution in [3.8, 4) is 0 Å². The van der Waals surface area contributed by atoms with Crippen LogP contribution in [-0.2, 0) is 16.6 Å². The Morgan fingerprint density at radius 2 is 2.11 bits per heavy atom. The van der Waals surface area contributed by atoms with Crippen LogP contribution in [0.25, 0.3) is 0 Å². The predicted octanol–water partition coefficient (Wildman–Crippen LogP) is 0.297. The van der Waals surface area contributed by atoms with Crippen LogP contribution in [0, 0.1) is 0 Å². The summed E-state index contributed by atoms with van der Waals surface area (Å²) in [6.45, 7) is 6.65. The van der Waals surface area contributed by atoms with Crippen LogP contribution in [0.5, 0.6) is 0 Å². The topological polar surface area (TPSA) is 88.9 Å². The Morgan fingerprint density at radius 3 is 2.53 bits per heavy atom. The Bertz CT molecular complexity index is 466. The Labute approximate surface area is 112 Å². The summed E-state index contributed by atoms with van der Waals surface area (Å²) < 4.78 is 1.62. The summed E-state index contributed by atoms with van der Waals surface area (Å²) in [7, 11) is 1.77. The molecule has 0 unspecified atom stereocenters. The molecular weight excluding hydrogens is 246 g/mol. The van der Waals surface area contributed by atoms with Crippen molar-refractivity contribution in [3.63, 3.8) is 0 Å². The van der Waals surface area contributed by atoms with Gasteiger partial charge in [-0.1, -0.05) is 6.92 Å². The Hall–Kier alpha value is -1.92. The summed E-state index contributed by atoms with van der Waals surface area (Å²) in [5.74, 6) is 0.193. The van der Waals surface area contributed by atoms with E-state index in [1.807, 2.05) is 6.92 Å². The van der Waals surface area contributed by atoms with E-state index < -0.39 is 5.54 Å². The largest absolute Gasteiger partial charge is 0.344 e. The van der Waals surface area contributed by atoms with Gasteiger partial charge in [-0.15, -0.1) is 0 Å². The number of hydrogen-bond donors (Lipinski definition) is 2. The van der Waals surface area contributed by atoms with Gasteiger partial charge in [0.2, 0.25) is 11.8 Å². The molecule has 19 heavy (non-hydrogen) atoms. The third kappa shape index (κ3) is 3.77. The van der Waals surface area contributed by atoms with Crippen LogP contribution in [0.2, 0.25) is 0 Å². The molecule has 0 fully saturated rings. The first kappa shape index (κ1) is 15.1. The number of nitrogens with one attached hydrogen (secondary N) is 2. The second-order valence-corrected chi connectivity index (χ2v) is 4.98. The van der Waals surface area contributed by atoms with Crippen molar-refractivity contribution >= 4 is 11.8 Å². The van der Waals surface area contributed by atoms with Crippen molar-refractivity contribution in [1.29, 1.82) is 0 Å². The number of carbonyl (C=O) groups is 2. The van der Waals surface area contributed by atoms with E-state index in [2.05, 4.69) is 20.7 Å². The minimum Gasteiger partial charge on any atom is -0.344 e. The maximum atomic E-state index is 12.2. The average molecular weight is 267 g/mol. The van der Waals surface area contributed by atoms with Crippen LogP contribution in [-0.4, -0.2) is 32.1 Å². The van der Waals surface area contributed by atoms with Gasteiger partial charge in [0.15, 0.2) is 0 Å². The molecule has 0 saturated heterocycles. The lowest BCUT2D eigenvalue weighted by Crippen LogP contribution is -2.54. The van der Waals surface area contributed by atoms with Crippen LogP contribution >= 0.6 is 0 Å². The fourth-order valence-electron chi connectivity index (χ4n) is 1.81. The molecule has 0 aliphatic heterocycles. The number of carbonyl (C=O) groups excluding carboxylic acids is 2. The fourth-order valence-corrected chi connectivity index (χ4v) is 1.81. The maximum Gasteiger partial charge on any atom is 0.245 e. The lowest BCUT2D eigenvalue weighted by molar-refractivity contribution is -0.132. The van der Waals surface area contributed by atoms with Crippen LogP contribution in [0.3, 0.4) is 0 Å². The van der Waals surface area contributed by atoms with E-state index in [0.29, 0.717) is 12.2 Å². The first-order valence-electron chi connectivity index (χ1n) is 6.21. The third-order valence-corrected chi connectivity index (χ3v) is 2.83. The first-order chi connectivity index (χ1) is 8.77. The van der Waals surface area contributed by atoms with Crippen molar-refractivity contribution in [2.24, 2.45) is 7.05 Å². The zero-order valence-electron chi connectivity index (χ0n) is 12.0. The Balaban J connectivity index is 2.79. The highest BCUT2D eigenvalue weighted by Crippen LogP contribution is 2.14. The monoisotopic (exact) mass is 267 g/mol. The summed E-state index contributed by atoms with van der Waals surface area (Å²) in [4.78, 5) is 27.4. The molecule has 1 rings (SSSR count). The van der Waals surface area contributed by atoms with E-state index in [9.17, 15) is 9.59 Å². The smallest absolute Gasteiger partial charge is 0.245 e. The SMILES string of the molecule is CC[C@@H](NC(=O)C(C)(C)NC(C)=O)c1ncnn1C. The van der Waals surface area contributed by atoms with Crippen molar-refractivity contribution < 1.29 is 9.59 Å². The first-order valence-corrected chi connectivity index (χ1v) is 6.21. The van der Waals surface area contributed by atoms with Crippen LogP contribution in [0.15, 0.2) is 6.33 Å². The number of aryl methyl sites for hydroxylation is 1. The van der Waals surface area contributed by atoms with E-state index in [1.54, 1.807) is 25.6 Å². The van der Waals surface area contributed by atoms with Crippen molar-refractivity contribution in [2.45, 2.75) is 45.7 Å². The molecule has 0 aliphatic rings. The molecule has 2 N–H and O–H groups in total. The van der Waals surface area contributed by atoms with Crippen molar-refractivity contribution in [3.05, 3.63) is 12.2 Å². The molecule has 2 amide bonds. The van der Waals surface area contributed by atoms with E-state index in [1.165, 1.54) is 13.3 Å². The molecule has 1 aromatic rings. The molecule has 0 spiro atoms. The highest BCUT2D eigenvalue weighted by Gasteiger charge is 2.30. The minimum atomic E-state index is -0.960. The van der Waals surface area contributed by atoms with Crippen LogP contribution in [0.4, 0.5) is 0 Å². The van der Waals surface area contributed by atoms with Gasteiger partial charge in [-0.05, 0) is 20.3 Å². The van der Waals surface area contributed by atoms with Crippen molar-refractivity contribution in [2.75, 3.05) is 0 Å². The normalized spacial score (nSPS) is 12.9. The molecule has 0 saturated carbocycles. The molecular formula is C12H21N5O2. The second-order valence-electron chi connectivity index (χ2n) is 4.98. The maximum absolute atomic E-state index is 12.2. The van der Waals surface area contributed by atoms with E-state index >= 15 is 0 Å². The predicted molar refractivity (Wildman–Crippen MR) is 70.1 cm³/mol. The van der Waals surface area contributed by atoms with E-state index in [4.69, 9.17) is 0 Å². The van der Waals surface area contributed by atoms with Gasteiger partial charge < -0.3 is 10.6 Å². The summed E-state index contributed by atoms with van der Waals surface area (Å²) in [5, 5.41) is 9.48. The molecule has 0 radical (unpaired) electrons. The summed E-state index contributed by atoms with van der Waals surface area (Å²) in [5.41, 5.74) is -0.960. The van der Waals surface area contributed by atoms with Gasteiger partial charge >= 0.3 is 0 Å². The lowest BCUT2D eigenvalue weighted by atomic mass is 10.0. The summed E-state index contributed by atoms with van der Waals surface area (Å²) >= 11 is 0. The fraction of sp³-hybridized carbons (Fsp3) is 0.667. The van der Waals surface area contributed by atoms with Crippen LogP contribution < -0.4 is 10.6 Å². The number of amides is 2. The Morgan fingerprint density at radius 1 is 1.47 bits per heavy atom. The molecule has 0 bridgehead atoms. The average Bonchev–Trinajstić information content (AvgIpc) is 2.70. The Kier molecular flexibility index (Phi) is 4.63. The number of aromatic nitrogens is 3. The van der Waals surface area contributed by atoms with Crippen molar-refractivity contribution in [1.82, 2.24) is 25.4 Å². The van der Waals surface area contributed by atoms with Gasteiger partial charge in [-0.2, -0.15) is 5.10 Å². The molecule has 0 aromatic carbocycles. The zero-order chi connectivity index (χ0) is 14.6. The van der Waals surface area contributed by atoms with Gasteiger partial charge in [0.1, 0.15) is 17.7 Å². The standard InChI is InChI=1S/C12H21N5O2/c1-6-9(10-13-7-14-17(10)5)15-11(19)12(3,4)16-8(2)18/h7,9H,6H2,1-5H3,(H,15,19)(H,16,18)/t9-/m1/s1. The van der Waals surface area contributed by atoms with Gasteiger partial charge in [-0.25, -0.2) is 4.98 Å². The number of nitrogens with zero attached hydrogens (tertiary/aromatic N) is 3. The second kappa shape index (κ2) is 5.81. The van der Waals surface area contributed by atoms with E-state index in [0.717, 1.165) is 0 Å². The molecule has 0 aliphatic carbocycles. The molecule has 7 nitrogen and oxygen atoms in total. The minimum absolute atomic E-state index is 0.229. The molecule has 7 heteroatoms. The molecule has 1 aromatic heterocycles. The zero-order valence-corrected chi connectivity index (χ0v) is 12.0. The van der Waals surface area contributed by atoms with E-state index in [-0.39, 0.29) is 17.9 Å². The molecule has 1 heterocycles. The summed E-state index contributed by atoms with van der Waals surface area (Å²) in [6.07, 6.45) is 2.14. The molecule has 1 atom stereocenters. The highest BCUT2D eigenvalue weighted by molar-refractivity contribution is 5.90. The van der Waals surface area contributed by atoms with Gasteiger partial charge in [0, 0.05) is 14.0 Å². The lowest BCUT2D eigenvalue weighted by Gasteiger charge is -2.27.